The van der Waals surface area contributed by atoms with E-state index >= 15 is 0 Å². The van der Waals surface area contributed by atoms with E-state index in [1.807, 2.05) is 17.0 Å². The lowest BCUT2D eigenvalue weighted by Gasteiger charge is -2.39. The van der Waals surface area contributed by atoms with Crippen LogP contribution in [0.1, 0.15) is 44.7 Å². The number of nitrogen functional groups attached to an aromatic ring is 1. The Bertz CT molecular complexity index is 888. The summed E-state index contributed by atoms with van der Waals surface area (Å²) in [6, 6.07) is 15.0. The molecule has 4 rings (SSSR count). The first-order chi connectivity index (χ1) is 13.7. The molecule has 1 amide bonds. The molecule has 1 heterocycles. The fourth-order valence-electron chi connectivity index (χ4n) is 4.58. The van der Waals surface area contributed by atoms with Crippen LogP contribution in [0.25, 0.3) is 11.1 Å². The van der Waals surface area contributed by atoms with Crippen LogP contribution in [-0.4, -0.2) is 30.7 Å². The van der Waals surface area contributed by atoms with Crippen molar-refractivity contribution < 1.29 is 9.53 Å². The molecule has 2 aromatic carbocycles. The van der Waals surface area contributed by atoms with Crippen molar-refractivity contribution in [3.63, 3.8) is 0 Å². The summed E-state index contributed by atoms with van der Waals surface area (Å²) in [4.78, 5) is 14.3. The van der Waals surface area contributed by atoms with Crippen molar-refractivity contribution in [3.8, 4) is 11.1 Å². The summed E-state index contributed by atoms with van der Waals surface area (Å²) in [7, 11) is 0. The van der Waals surface area contributed by atoms with Gasteiger partial charge in [-0.3, -0.25) is 0 Å². The molecular weight excluding hydrogens is 360 g/mol. The number of rotatable bonds is 2. The second-order valence-corrected chi connectivity index (χ2v) is 10.1. The fraction of sp³-hybridized carbons (Fsp3) is 0.480. The monoisotopic (exact) mass is 392 g/mol. The quantitative estimate of drug-likeness (QED) is 0.706. The first-order valence-corrected chi connectivity index (χ1v) is 10.6. The molecule has 1 spiro atoms. The highest BCUT2D eigenvalue weighted by atomic mass is 16.6. The Morgan fingerprint density at radius 2 is 1.62 bits per heavy atom. The molecule has 0 saturated carbocycles. The van der Waals surface area contributed by atoms with Crippen LogP contribution in [0.2, 0.25) is 0 Å². The first kappa shape index (κ1) is 19.8. The zero-order chi connectivity index (χ0) is 20.6. The third kappa shape index (κ3) is 4.42. The SMILES string of the molecule is CC(C)(C)COC(=O)N1CCC2(CC1)Cc1ccc(-c3ccc(N)cc3)cc1C2. The lowest BCUT2D eigenvalue weighted by Crippen LogP contribution is -2.44. The van der Waals surface area contributed by atoms with Crippen molar-refractivity contribution in [1.29, 1.82) is 0 Å². The van der Waals surface area contributed by atoms with Crippen molar-refractivity contribution >= 4 is 11.8 Å². The van der Waals surface area contributed by atoms with Gasteiger partial charge in [0.2, 0.25) is 0 Å². The number of fused-ring (bicyclic) bond motifs is 1. The second-order valence-electron chi connectivity index (χ2n) is 10.1. The van der Waals surface area contributed by atoms with Gasteiger partial charge in [0, 0.05) is 18.8 Å². The number of amides is 1. The van der Waals surface area contributed by atoms with Gasteiger partial charge in [-0.25, -0.2) is 4.79 Å². The van der Waals surface area contributed by atoms with E-state index in [2.05, 4.69) is 51.1 Å². The van der Waals surface area contributed by atoms with Gasteiger partial charge in [-0.15, -0.1) is 0 Å². The Labute approximate surface area is 174 Å². The number of carbonyl (C=O) groups excluding carboxylic acids is 1. The third-order valence-corrected chi connectivity index (χ3v) is 6.29. The van der Waals surface area contributed by atoms with Crippen molar-refractivity contribution in [1.82, 2.24) is 4.90 Å². The van der Waals surface area contributed by atoms with Crippen LogP contribution in [0, 0.1) is 10.8 Å². The summed E-state index contributed by atoms with van der Waals surface area (Å²) in [5, 5.41) is 0. The van der Waals surface area contributed by atoms with E-state index in [9.17, 15) is 4.79 Å². The predicted molar refractivity (Wildman–Crippen MR) is 118 cm³/mol. The van der Waals surface area contributed by atoms with Gasteiger partial charge in [0.1, 0.15) is 0 Å². The number of piperidine rings is 1. The molecule has 29 heavy (non-hydrogen) atoms. The number of benzene rings is 2. The zero-order valence-corrected chi connectivity index (χ0v) is 17.8. The average molecular weight is 393 g/mol. The summed E-state index contributed by atoms with van der Waals surface area (Å²) >= 11 is 0. The molecule has 4 nitrogen and oxygen atoms in total. The molecule has 0 atom stereocenters. The standard InChI is InChI=1S/C25H32N2O2/c1-24(2,3)17-29-23(28)27-12-10-25(11-13-27)15-20-5-4-19(14-21(20)16-25)18-6-8-22(26)9-7-18/h4-9,14H,10-13,15-17,26H2,1-3H3. The van der Waals surface area contributed by atoms with E-state index in [-0.39, 0.29) is 11.5 Å². The molecule has 2 N–H and O–H groups in total. The Balaban J connectivity index is 1.40. The lowest BCUT2D eigenvalue weighted by molar-refractivity contribution is 0.0489. The van der Waals surface area contributed by atoms with Crippen LogP contribution in [0.3, 0.4) is 0 Å². The fourth-order valence-corrected chi connectivity index (χ4v) is 4.58. The highest BCUT2D eigenvalue weighted by molar-refractivity contribution is 5.68. The smallest absolute Gasteiger partial charge is 0.409 e. The number of ether oxygens (including phenoxy) is 1. The highest BCUT2D eigenvalue weighted by Gasteiger charge is 2.41. The molecule has 0 radical (unpaired) electrons. The molecule has 154 valence electrons. The van der Waals surface area contributed by atoms with Crippen molar-refractivity contribution in [2.24, 2.45) is 10.8 Å². The largest absolute Gasteiger partial charge is 0.449 e. The van der Waals surface area contributed by atoms with Gasteiger partial charge in [-0.1, -0.05) is 51.1 Å². The van der Waals surface area contributed by atoms with Crippen LogP contribution in [0.15, 0.2) is 42.5 Å². The van der Waals surface area contributed by atoms with Gasteiger partial charge in [-0.2, -0.15) is 0 Å². The number of nitrogens with two attached hydrogens (primary N) is 1. The Morgan fingerprint density at radius 1 is 1.00 bits per heavy atom. The number of hydrogen-bond donors (Lipinski definition) is 1. The lowest BCUT2D eigenvalue weighted by atomic mass is 9.76. The molecule has 1 aliphatic heterocycles. The van der Waals surface area contributed by atoms with Crippen LogP contribution < -0.4 is 5.73 Å². The normalized spacial score (nSPS) is 18.0. The van der Waals surface area contributed by atoms with Gasteiger partial charge in [0.15, 0.2) is 0 Å². The molecule has 0 bridgehead atoms. The minimum Gasteiger partial charge on any atom is -0.449 e. The summed E-state index contributed by atoms with van der Waals surface area (Å²) in [5.41, 5.74) is 12.3. The molecule has 2 aliphatic rings. The van der Waals surface area contributed by atoms with E-state index in [1.54, 1.807) is 0 Å². The van der Waals surface area contributed by atoms with Crippen LogP contribution >= 0.6 is 0 Å². The molecule has 1 fully saturated rings. The topological polar surface area (TPSA) is 55.6 Å². The highest BCUT2D eigenvalue weighted by Crippen LogP contribution is 2.45. The summed E-state index contributed by atoms with van der Waals surface area (Å²) < 4.78 is 5.51. The number of nitrogens with zero attached hydrogens (tertiary/aromatic N) is 1. The molecule has 0 unspecified atom stereocenters. The van der Waals surface area contributed by atoms with E-state index in [4.69, 9.17) is 10.5 Å². The maximum Gasteiger partial charge on any atom is 0.409 e. The van der Waals surface area contributed by atoms with Gasteiger partial charge >= 0.3 is 6.09 Å². The number of anilines is 1. The minimum atomic E-state index is -0.157. The van der Waals surface area contributed by atoms with E-state index in [1.165, 1.54) is 22.3 Å². The van der Waals surface area contributed by atoms with E-state index in [0.717, 1.165) is 44.5 Å². The van der Waals surface area contributed by atoms with Crippen molar-refractivity contribution in [3.05, 3.63) is 53.6 Å². The molecule has 1 aliphatic carbocycles. The van der Waals surface area contributed by atoms with E-state index in [0.29, 0.717) is 12.0 Å². The van der Waals surface area contributed by atoms with Gasteiger partial charge in [-0.05, 0) is 70.9 Å². The molecular formula is C25H32N2O2. The maximum atomic E-state index is 12.4. The van der Waals surface area contributed by atoms with Gasteiger partial charge in [0.05, 0.1) is 6.61 Å². The Kier molecular flexibility index (Phi) is 5.05. The summed E-state index contributed by atoms with van der Waals surface area (Å²) in [6.07, 6.45) is 4.16. The van der Waals surface area contributed by atoms with Crippen LogP contribution in [0.5, 0.6) is 0 Å². The van der Waals surface area contributed by atoms with Crippen LogP contribution in [-0.2, 0) is 17.6 Å². The Morgan fingerprint density at radius 3 is 2.28 bits per heavy atom. The predicted octanol–water partition coefficient (Wildman–Crippen LogP) is 5.30. The molecule has 2 aromatic rings. The number of likely N-dealkylation sites (tertiary alicyclic amines) is 1. The van der Waals surface area contributed by atoms with Crippen molar-refractivity contribution in [2.75, 3.05) is 25.4 Å². The third-order valence-electron chi connectivity index (χ3n) is 6.29. The number of carbonyl (C=O) groups is 1. The second kappa shape index (κ2) is 7.40. The first-order valence-electron chi connectivity index (χ1n) is 10.6. The average Bonchev–Trinajstić information content (AvgIpc) is 3.03. The van der Waals surface area contributed by atoms with Crippen molar-refractivity contribution in [2.45, 2.75) is 46.5 Å². The Hall–Kier alpha value is -2.49. The number of hydrogen-bond acceptors (Lipinski definition) is 3. The summed E-state index contributed by atoms with van der Waals surface area (Å²) in [5.74, 6) is 0. The van der Waals surface area contributed by atoms with Crippen LogP contribution in [0.4, 0.5) is 10.5 Å². The van der Waals surface area contributed by atoms with Gasteiger partial charge < -0.3 is 15.4 Å². The van der Waals surface area contributed by atoms with Gasteiger partial charge in [0.25, 0.3) is 0 Å². The zero-order valence-electron chi connectivity index (χ0n) is 17.8. The summed E-state index contributed by atoms with van der Waals surface area (Å²) in [6.45, 7) is 8.30. The maximum absolute atomic E-state index is 12.4. The minimum absolute atomic E-state index is 0.00193. The van der Waals surface area contributed by atoms with E-state index < -0.39 is 0 Å². The molecule has 4 heteroatoms. The molecule has 0 aromatic heterocycles. The molecule has 1 saturated heterocycles.